The fourth-order valence-corrected chi connectivity index (χ4v) is 3.34. The number of hydrogen-bond donors (Lipinski definition) is 2. The summed E-state index contributed by atoms with van der Waals surface area (Å²) in [7, 11) is 1.89. The number of amides is 1. The molecule has 25 heavy (non-hydrogen) atoms. The van der Waals surface area contributed by atoms with Crippen LogP contribution in [0.15, 0.2) is 24.3 Å². The number of carbonyl (C=O) groups is 1. The summed E-state index contributed by atoms with van der Waals surface area (Å²) in [6, 6.07) is 6.40. The molecule has 0 radical (unpaired) electrons. The SMILES string of the molecule is CNC(C)Cn1c(C)c(O)c2c1CCN(Cc1ccc(F)cc1)C2=O. The van der Waals surface area contributed by atoms with Crippen molar-refractivity contribution in [1.82, 2.24) is 14.8 Å². The summed E-state index contributed by atoms with van der Waals surface area (Å²) >= 11 is 0. The molecule has 2 heterocycles. The van der Waals surface area contributed by atoms with E-state index in [1.165, 1.54) is 12.1 Å². The minimum Gasteiger partial charge on any atom is -0.505 e. The quantitative estimate of drug-likeness (QED) is 0.875. The first-order valence-electron chi connectivity index (χ1n) is 8.54. The van der Waals surface area contributed by atoms with Crippen LogP contribution in [0.3, 0.4) is 0 Å². The minimum absolute atomic E-state index is 0.0760. The van der Waals surface area contributed by atoms with Crippen LogP contribution in [-0.2, 0) is 19.5 Å². The third-order valence-electron chi connectivity index (χ3n) is 4.95. The number of aromatic hydroxyl groups is 1. The van der Waals surface area contributed by atoms with Gasteiger partial charge in [0.15, 0.2) is 0 Å². The standard InChI is InChI=1S/C19H24FN3O2/c1-12(21-3)10-23-13(2)18(24)17-16(23)8-9-22(19(17)25)11-14-4-6-15(20)7-5-14/h4-7,12,21,24H,8-11H2,1-3H3. The lowest BCUT2D eigenvalue weighted by atomic mass is 10.0. The van der Waals surface area contributed by atoms with Gasteiger partial charge in [0, 0.05) is 37.8 Å². The molecule has 1 aliphatic rings. The molecule has 5 nitrogen and oxygen atoms in total. The van der Waals surface area contributed by atoms with E-state index in [1.54, 1.807) is 17.0 Å². The molecule has 0 bridgehead atoms. The van der Waals surface area contributed by atoms with Crippen molar-refractivity contribution in [2.75, 3.05) is 13.6 Å². The van der Waals surface area contributed by atoms with Gasteiger partial charge in [-0.05, 0) is 38.6 Å². The van der Waals surface area contributed by atoms with Gasteiger partial charge in [0.1, 0.15) is 17.1 Å². The van der Waals surface area contributed by atoms with Crippen LogP contribution in [0.1, 0.15) is 34.2 Å². The summed E-state index contributed by atoms with van der Waals surface area (Å²) in [6.45, 7) is 5.60. The summed E-state index contributed by atoms with van der Waals surface area (Å²) in [5.74, 6) is -0.380. The molecular weight excluding hydrogens is 321 g/mol. The van der Waals surface area contributed by atoms with Crippen LogP contribution in [0.4, 0.5) is 4.39 Å². The maximum atomic E-state index is 13.1. The van der Waals surface area contributed by atoms with Crippen LogP contribution < -0.4 is 5.32 Å². The van der Waals surface area contributed by atoms with E-state index < -0.39 is 0 Å². The van der Waals surface area contributed by atoms with Crippen LogP contribution in [0.2, 0.25) is 0 Å². The number of nitrogens with zero attached hydrogens (tertiary/aromatic N) is 2. The molecule has 2 aromatic rings. The number of aromatic nitrogens is 1. The van der Waals surface area contributed by atoms with Crippen LogP contribution in [0, 0.1) is 12.7 Å². The molecular formula is C19H24FN3O2. The highest BCUT2D eigenvalue weighted by Gasteiger charge is 2.32. The van der Waals surface area contributed by atoms with E-state index in [-0.39, 0.29) is 23.5 Å². The van der Waals surface area contributed by atoms with Crippen molar-refractivity contribution in [1.29, 1.82) is 0 Å². The summed E-state index contributed by atoms with van der Waals surface area (Å²) in [5.41, 5.74) is 2.91. The smallest absolute Gasteiger partial charge is 0.259 e. The summed E-state index contributed by atoms with van der Waals surface area (Å²) in [6.07, 6.45) is 0.695. The number of carbonyl (C=O) groups excluding carboxylic acids is 1. The number of benzene rings is 1. The lowest BCUT2D eigenvalue weighted by molar-refractivity contribution is 0.0722. The van der Waals surface area contributed by atoms with Crippen molar-refractivity contribution in [3.8, 4) is 5.75 Å². The molecule has 1 atom stereocenters. The van der Waals surface area contributed by atoms with Crippen LogP contribution in [-0.4, -0.2) is 40.1 Å². The van der Waals surface area contributed by atoms with Crippen molar-refractivity contribution in [3.05, 3.63) is 52.6 Å². The van der Waals surface area contributed by atoms with E-state index in [1.807, 2.05) is 18.5 Å². The Morgan fingerprint density at radius 2 is 2.00 bits per heavy atom. The average molecular weight is 345 g/mol. The van der Waals surface area contributed by atoms with E-state index in [0.717, 1.165) is 17.0 Å². The first-order valence-corrected chi connectivity index (χ1v) is 8.54. The topological polar surface area (TPSA) is 57.5 Å². The molecule has 3 rings (SSSR count). The third kappa shape index (κ3) is 3.26. The number of hydrogen-bond acceptors (Lipinski definition) is 3. The predicted molar refractivity (Wildman–Crippen MR) is 94.2 cm³/mol. The zero-order valence-electron chi connectivity index (χ0n) is 14.8. The highest BCUT2D eigenvalue weighted by Crippen LogP contribution is 2.34. The average Bonchev–Trinajstić information content (AvgIpc) is 2.84. The first-order chi connectivity index (χ1) is 11.9. The van der Waals surface area contributed by atoms with Crippen LogP contribution in [0.5, 0.6) is 5.75 Å². The Labute approximate surface area is 147 Å². The van der Waals surface area contributed by atoms with E-state index >= 15 is 0 Å². The normalized spacial score (nSPS) is 15.4. The Bertz CT molecular complexity index is 783. The van der Waals surface area contributed by atoms with Gasteiger partial charge < -0.3 is 19.9 Å². The van der Waals surface area contributed by atoms with E-state index in [4.69, 9.17) is 0 Å². The molecule has 0 saturated carbocycles. The number of rotatable bonds is 5. The summed E-state index contributed by atoms with van der Waals surface area (Å²) in [4.78, 5) is 14.6. The second-order valence-corrected chi connectivity index (χ2v) is 6.66. The molecule has 6 heteroatoms. The Balaban J connectivity index is 1.87. The summed E-state index contributed by atoms with van der Waals surface area (Å²) in [5, 5.41) is 13.7. The van der Waals surface area contributed by atoms with Crippen LogP contribution in [0.25, 0.3) is 0 Å². The number of nitrogens with one attached hydrogen (secondary N) is 1. The van der Waals surface area contributed by atoms with E-state index in [2.05, 4.69) is 12.2 Å². The molecule has 2 N–H and O–H groups in total. The van der Waals surface area contributed by atoms with Gasteiger partial charge >= 0.3 is 0 Å². The van der Waals surface area contributed by atoms with Gasteiger partial charge in [-0.3, -0.25) is 4.79 Å². The molecule has 1 unspecified atom stereocenters. The van der Waals surface area contributed by atoms with E-state index in [0.29, 0.717) is 31.6 Å². The lowest BCUT2D eigenvalue weighted by Crippen LogP contribution is -2.38. The largest absolute Gasteiger partial charge is 0.505 e. The molecule has 1 aliphatic heterocycles. The van der Waals surface area contributed by atoms with Gasteiger partial charge in [-0.25, -0.2) is 4.39 Å². The van der Waals surface area contributed by atoms with Gasteiger partial charge in [0.2, 0.25) is 0 Å². The van der Waals surface area contributed by atoms with Gasteiger partial charge in [-0.1, -0.05) is 12.1 Å². The second kappa shape index (κ2) is 6.88. The van der Waals surface area contributed by atoms with Crippen molar-refractivity contribution in [3.63, 3.8) is 0 Å². The van der Waals surface area contributed by atoms with Crippen molar-refractivity contribution in [2.45, 2.75) is 39.4 Å². The van der Waals surface area contributed by atoms with Gasteiger partial charge in [-0.2, -0.15) is 0 Å². The van der Waals surface area contributed by atoms with Crippen molar-refractivity contribution >= 4 is 5.91 Å². The van der Waals surface area contributed by atoms with Crippen molar-refractivity contribution < 1.29 is 14.3 Å². The zero-order chi connectivity index (χ0) is 18.1. The second-order valence-electron chi connectivity index (χ2n) is 6.66. The molecule has 134 valence electrons. The van der Waals surface area contributed by atoms with Gasteiger partial charge in [0.25, 0.3) is 5.91 Å². The maximum absolute atomic E-state index is 13.1. The lowest BCUT2D eigenvalue weighted by Gasteiger charge is -2.28. The summed E-state index contributed by atoms with van der Waals surface area (Å²) < 4.78 is 15.1. The first kappa shape index (κ1) is 17.5. The van der Waals surface area contributed by atoms with Crippen LogP contribution >= 0.6 is 0 Å². The predicted octanol–water partition coefficient (Wildman–Crippen LogP) is 2.45. The molecule has 0 spiro atoms. The molecule has 1 aromatic carbocycles. The monoisotopic (exact) mass is 345 g/mol. The number of halogens is 1. The Morgan fingerprint density at radius 1 is 1.32 bits per heavy atom. The van der Waals surface area contributed by atoms with E-state index in [9.17, 15) is 14.3 Å². The molecule has 1 amide bonds. The Kier molecular flexibility index (Phi) is 4.81. The van der Waals surface area contributed by atoms with Crippen molar-refractivity contribution in [2.24, 2.45) is 0 Å². The van der Waals surface area contributed by atoms with Gasteiger partial charge in [0.05, 0.1) is 5.69 Å². The highest BCUT2D eigenvalue weighted by molar-refractivity contribution is 5.99. The molecule has 0 aliphatic carbocycles. The third-order valence-corrected chi connectivity index (χ3v) is 4.95. The fraction of sp³-hybridized carbons (Fsp3) is 0.421. The highest BCUT2D eigenvalue weighted by atomic mass is 19.1. The number of likely N-dealkylation sites (N-methyl/N-ethyl adjacent to an activating group) is 1. The number of fused-ring (bicyclic) bond motifs is 1. The zero-order valence-corrected chi connectivity index (χ0v) is 14.8. The molecule has 0 saturated heterocycles. The Hall–Kier alpha value is -2.34. The molecule has 1 aromatic heterocycles. The van der Waals surface area contributed by atoms with Gasteiger partial charge in [-0.15, -0.1) is 0 Å². The minimum atomic E-state index is -0.292. The fourth-order valence-electron chi connectivity index (χ4n) is 3.34. The Morgan fingerprint density at radius 3 is 2.64 bits per heavy atom. The maximum Gasteiger partial charge on any atom is 0.259 e. The molecule has 0 fully saturated rings.